The highest BCUT2D eigenvalue weighted by Gasteiger charge is 2.20. The van der Waals surface area contributed by atoms with Crippen molar-refractivity contribution in [2.45, 2.75) is 19.8 Å². The highest BCUT2D eigenvalue weighted by atomic mass is 16.5. The molecule has 2 heterocycles. The van der Waals surface area contributed by atoms with Crippen LogP contribution in [0.15, 0.2) is 60.8 Å². The molecule has 5 nitrogen and oxygen atoms in total. The fraction of sp³-hybridized carbons (Fsp3) is 0.304. The summed E-state index contributed by atoms with van der Waals surface area (Å²) < 4.78 is 5.98. The molecule has 0 bridgehead atoms. The zero-order chi connectivity index (χ0) is 19.3. The third kappa shape index (κ3) is 4.25. The molecule has 1 fully saturated rings. The molecule has 3 aromatic rings. The summed E-state index contributed by atoms with van der Waals surface area (Å²) in [6, 6.07) is 17.8. The second-order valence-electron chi connectivity index (χ2n) is 7.28. The average Bonchev–Trinajstić information content (AvgIpc) is 2.73. The van der Waals surface area contributed by atoms with Gasteiger partial charge in [-0.2, -0.15) is 0 Å². The maximum Gasteiger partial charge on any atom is 0.219 e. The number of benzene rings is 2. The van der Waals surface area contributed by atoms with Crippen LogP contribution < -0.4 is 10.1 Å². The van der Waals surface area contributed by atoms with Gasteiger partial charge in [0.2, 0.25) is 5.91 Å². The Bertz CT molecular complexity index is 950. The van der Waals surface area contributed by atoms with E-state index in [9.17, 15) is 4.79 Å². The number of likely N-dealkylation sites (tertiary alicyclic amines) is 1. The van der Waals surface area contributed by atoms with E-state index >= 15 is 0 Å². The van der Waals surface area contributed by atoms with Gasteiger partial charge in [0.25, 0.3) is 0 Å². The Balaban J connectivity index is 1.46. The van der Waals surface area contributed by atoms with E-state index in [-0.39, 0.29) is 5.91 Å². The van der Waals surface area contributed by atoms with E-state index in [0.717, 1.165) is 60.6 Å². The van der Waals surface area contributed by atoms with Crippen LogP contribution in [0, 0.1) is 5.92 Å². The van der Waals surface area contributed by atoms with E-state index in [1.54, 1.807) is 6.92 Å². The van der Waals surface area contributed by atoms with Crippen molar-refractivity contribution in [1.82, 2.24) is 9.88 Å². The maximum absolute atomic E-state index is 11.5. The molecular formula is C23H25N3O2. The van der Waals surface area contributed by atoms with Crippen molar-refractivity contribution in [3.8, 4) is 11.5 Å². The van der Waals surface area contributed by atoms with E-state index in [4.69, 9.17) is 4.74 Å². The molecule has 28 heavy (non-hydrogen) atoms. The van der Waals surface area contributed by atoms with E-state index in [2.05, 4.69) is 10.3 Å². The van der Waals surface area contributed by atoms with Gasteiger partial charge >= 0.3 is 0 Å². The van der Waals surface area contributed by atoms with Crippen molar-refractivity contribution in [3.05, 3.63) is 60.8 Å². The van der Waals surface area contributed by atoms with Gasteiger partial charge in [-0.1, -0.05) is 18.2 Å². The molecule has 1 N–H and O–H groups in total. The number of nitrogens with zero attached hydrogens (tertiary/aromatic N) is 2. The summed E-state index contributed by atoms with van der Waals surface area (Å²) in [6.45, 7) is 4.26. The molecule has 0 unspecified atom stereocenters. The lowest BCUT2D eigenvalue weighted by molar-refractivity contribution is -0.130. The van der Waals surface area contributed by atoms with Crippen LogP contribution >= 0.6 is 0 Å². The van der Waals surface area contributed by atoms with Crippen LogP contribution in [0.3, 0.4) is 0 Å². The molecule has 0 atom stereocenters. The Morgan fingerprint density at radius 2 is 1.89 bits per heavy atom. The zero-order valence-corrected chi connectivity index (χ0v) is 16.1. The first-order valence-electron chi connectivity index (χ1n) is 9.80. The topological polar surface area (TPSA) is 54.5 Å². The molecule has 0 aliphatic carbocycles. The summed E-state index contributed by atoms with van der Waals surface area (Å²) in [7, 11) is 0. The second kappa shape index (κ2) is 8.30. The third-order valence-corrected chi connectivity index (χ3v) is 5.33. The van der Waals surface area contributed by atoms with Gasteiger partial charge in [0.1, 0.15) is 11.5 Å². The minimum Gasteiger partial charge on any atom is -0.457 e. The van der Waals surface area contributed by atoms with Crippen LogP contribution in [-0.4, -0.2) is 35.4 Å². The second-order valence-corrected chi connectivity index (χ2v) is 7.28. The summed E-state index contributed by atoms with van der Waals surface area (Å²) in [5.74, 6) is 2.36. The molecule has 1 aromatic heterocycles. The first kappa shape index (κ1) is 18.3. The van der Waals surface area contributed by atoms with Gasteiger partial charge in [-0.3, -0.25) is 9.78 Å². The molecule has 2 aromatic carbocycles. The van der Waals surface area contributed by atoms with Gasteiger partial charge in [-0.15, -0.1) is 0 Å². The Hall–Kier alpha value is -3.08. The molecule has 0 saturated carbocycles. The van der Waals surface area contributed by atoms with Crippen LogP contribution in [0.2, 0.25) is 0 Å². The van der Waals surface area contributed by atoms with Gasteiger partial charge in [0, 0.05) is 43.8 Å². The molecule has 1 amide bonds. The smallest absolute Gasteiger partial charge is 0.219 e. The van der Waals surface area contributed by atoms with E-state index in [1.165, 1.54) is 0 Å². The monoisotopic (exact) mass is 375 g/mol. The molecule has 4 rings (SSSR count). The molecule has 0 spiro atoms. The van der Waals surface area contributed by atoms with Gasteiger partial charge < -0.3 is 15.0 Å². The number of pyridine rings is 1. The van der Waals surface area contributed by atoms with Gasteiger partial charge in [-0.05, 0) is 55.2 Å². The van der Waals surface area contributed by atoms with Crippen LogP contribution in [0.1, 0.15) is 19.8 Å². The quantitative estimate of drug-likeness (QED) is 0.702. The Kier molecular flexibility index (Phi) is 5.42. The number of carbonyl (C=O) groups is 1. The molecular weight excluding hydrogens is 350 g/mol. The van der Waals surface area contributed by atoms with E-state index < -0.39 is 0 Å². The van der Waals surface area contributed by atoms with Gasteiger partial charge in [0.15, 0.2) is 0 Å². The Morgan fingerprint density at radius 1 is 1.11 bits per heavy atom. The molecule has 144 valence electrons. The van der Waals surface area contributed by atoms with Crippen LogP contribution in [0.25, 0.3) is 10.9 Å². The number of hydrogen-bond acceptors (Lipinski definition) is 4. The third-order valence-electron chi connectivity index (χ3n) is 5.33. The maximum atomic E-state index is 11.5. The number of hydrogen-bond donors (Lipinski definition) is 1. The minimum absolute atomic E-state index is 0.178. The zero-order valence-electron chi connectivity index (χ0n) is 16.1. The lowest BCUT2D eigenvalue weighted by atomic mass is 9.96. The van der Waals surface area contributed by atoms with Crippen LogP contribution in [-0.2, 0) is 4.79 Å². The van der Waals surface area contributed by atoms with E-state index in [1.807, 2.05) is 65.7 Å². The summed E-state index contributed by atoms with van der Waals surface area (Å²) >= 11 is 0. The van der Waals surface area contributed by atoms with Crippen molar-refractivity contribution >= 4 is 22.5 Å². The predicted octanol–water partition coefficient (Wildman–Crippen LogP) is 4.70. The lowest BCUT2D eigenvalue weighted by Gasteiger charge is -2.31. The van der Waals surface area contributed by atoms with Crippen molar-refractivity contribution in [2.75, 3.05) is 25.0 Å². The number of para-hydroxylation sites is 1. The Morgan fingerprint density at radius 3 is 2.64 bits per heavy atom. The SMILES string of the molecule is CC(=O)N1CCC(CNc2ccnc3ccc(Oc4ccccc4)cc23)CC1. The summed E-state index contributed by atoms with van der Waals surface area (Å²) in [4.78, 5) is 17.9. The minimum atomic E-state index is 0.178. The fourth-order valence-electron chi connectivity index (χ4n) is 3.67. The summed E-state index contributed by atoms with van der Waals surface area (Å²) in [5.41, 5.74) is 2.01. The largest absolute Gasteiger partial charge is 0.457 e. The number of fused-ring (bicyclic) bond motifs is 1. The molecule has 5 heteroatoms. The molecule has 0 radical (unpaired) electrons. The highest BCUT2D eigenvalue weighted by molar-refractivity contribution is 5.92. The van der Waals surface area contributed by atoms with Gasteiger partial charge in [0.05, 0.1) is 5.52 Å². The number of anilines is 1. The molecule has 1 saturated heterocycles. The predicted molar refractivity (Wildman–Crippen MR) is 112 cm³/mol. The Labute approximate surface area is 165 Å². The number of ether oxygens (including phenoxy) is 1. The standard InChI is InChI=1S/C23H25N3O2/c1-17(27)26-13-10-18(11-14-26)16-25-23-9-12-24-22-8-7-20(15-21(22)23)28-19-5-3-2-4-6-19/h2-9,12,15,18H,10-11,13-14,16H2,1H3,(H,24,25). The van der Waals surface area contributed by atoms with Crippen LogP contribution in [0.4, 0.5) is 5.69 Å². The first-order chi connectivity index (χ1) is 13.7. The molecule has 1 aliphatic heterocycles. The highest BCUT2D eigenvalue weighted by Crippen LogP contribution is 2.29. The first-order valence-corrected chi connectivity index (χ1v) is 9.80. The van der Waals surface area contributed by atoms with Crippen LogP contribution in [0.5, 0.6) is 11.5 Å². The van der Waals surface area contributed by atoms with Crippen molar-refractivity contribution in [3.63, 3.8) is 0 Å². The number of piperidine rings is 1. The van der Waals surface area contributed by atoms with Crippen molar-refractivity contribution < 1.29 is 9.53 Å². The normalized spacial score (nSPS) is 14.8. The van der Waals surface area contributed by atoms with Crippen molar-refractivity contribution in [2.24, 2.45) is 5.92 Å². The van der Waals surface area contributed by atoms with Gasteiger partial charge in [-0.25, -0.2) is 0 Å². The van der Waals surface area contributed by atoms with E-state index in [0.29, 0.717) is 5.92 Å². The van der Waals surface area contributed by atoms with Crippen molar-refractivity contribution in [1.29, 1.82) is 0 Å². The number of carbonyl (C=O) groups excluding carboxylic acids is 1. The fourth-order valence-corrected chi connectivity index (χ4v) is 3.67. The summed E-state index contributed by atoms with van der Waals surface area (Å²) in [5, 5.41) is 4.65. The number of rotatable bonds is 5. The lowest BCUT2D eigenvalue weighted by Crippen LogP contribution is -2.38. The number of amides is 1. The number of aromatic nitrogens is 1. The summed E-state index contributed by atoms with van der Waals surface area (Å²) in [6.07, 6.45) is 3.91. The molecule has 1 aliphatic rings. The average molecular weight is 375 g/mol. The number of nitrogens with one attached hydrogen (secondary N) is 1.